The fourth-order valence-electron chi connectivity index (χ4n) is 3.03. The Kier molecular flexibility index (Phi) is 4.08. The molecule has 0 atom stereocenters. The van der Waals surface area contributed by atoms with Crippen molar-refractivity contribution >= 4 is 0 Å². The average molecular weight is 280 g/mol. The summed E-state index contributed by atoms with van der Waals surface area (Å²) in [5, 5.41) is 8.89. The van der Waals surface area contributed by atoms with Crippen LogP contribution in [-0.4, -0.2) is 21.3 Å². The second-order valence-corrected chi connectivity index (χ2v) is 5.46. The van der Waals surface area contributed by atoms with Crippen LogP contribution in [0.25, 0.3) is 0 Å². The largest absolute Gasteiger partial charge is 0.384 e. The van der Waals surface area contributed by atoms with Gasteiger partial charge in [0.25, 0.3) is 0 Å². The van der Waals surface area contributed by atoms with E-state index in [0.717, 1.165) is 30.8 Å². The lowest BCUT2D eigenvalue weighted by Crippen LogP contribution is -2.11. The molecular weight excluding hydrogens is 260 g/mol. The highest BCUT2D eigenvalue weighted by Crippen LogP contribution is 2.23. The molecule has 0 radical (unpaired) electrons. The highest BCUT2D eigenvalue weighted by molar-refractivity contribution is 5.42. The first-order chi connectivity index (χ1) is 10.3. The molecule has 1 aromatic carbocycles. The first-order valence-electron chi connectivity index (χ1n) is 7.52. The molecular formula is C18H20N2O. The fourth-order valence-corrected chi connectivity index (χ4v) is 3.03. The molecule has 1 aromatic heterocycles. The third-order valence-corrected chi connectivity index (χ3v) is 4.07. The summed E-state index contributed by atoms with van der Waals surface area (Å²) in [6.07, 6.45) is 4.74. The van der Waals surface area contributed by atoms with Crippen LogP contribution in [0.15, 0.2) is 24.3 Å². The van der Waals surface area contributed by atoms with Gasteiger partial charge in [0.2, 0.25) is 0 Å². The van der Waals surface area contributed by atoms with Gasteiger partial charge in [-0.3, -0.25) is 0 Å². The lowest BCUT2D eigenvalue weighted by Gasteiger charge is -2.15. The summed E-state index contributed by atoms with van der Waals surface area (Å²) in [4.78, 5) is 4.73. The van der Waals surface area contributed by atoms with Gasteiger partial charge >= 0.3 is 0 Å². The molecule has 21 heavy (non-hydrogen) atoms. The van der Waals surface area contributed by atoms with E-state index in [4.69, 9.17) is 10.1 Å². The Morgan fingerprint density at radius 1 is 1.24 bits per heavy atom. The van der Waals surface area contributed by atoms with Gasteiger partial charge in [0, 0.05) is 11.3 Å². The first-order valence-corrected chi connectivity index (χ1v) is 7.52. The first kappa shape index (κ1) is 13.9. The van der Waals surface area contributed by atoms with E-state index in [1.807, 2.05) is 18.2 Å². The molecule has 1 aliphatic carbocycles. The van der Waals surface area contributed by atoms with E-state index in [-0.39, 0.29) is 6.61 Å². The molecule has 3 rings (SSSR count). The number of nitrogens with zero attached hydrogens (tertiary/aromatic N) is 2. The molecule has 0 unspecified atom stereocenters. The molecule has 3 heteroatoms. The fraction of sp³-hybridized carbons (Fsp3) is 0.389. The average Bonchev–Trinajstić information content (AvgIpc) is 2.82. The molecule has 0 saturated carbocycles. The maximum Gasteiger partial charge on any atom is 0.106 e. The van der Waals surface area contributed by atoms with Gasteiger partial charge in [0.1, 0.15) is 12.4 Å². The van der Waals surface area contributed by atoms with Crippen LogP contribution < -0.4 is 0 Å². The zero-order valence-corrected chi connectivity index (χ0v) is 12.4. The minimum absolute atomic E-state index is 0.103. The molecule has 1 N–H and O–H groups in total. The van der Waals surface area contributed by atoms with Gasteiger partial charge in [0.05, 0.1) is 12.2 Å². The van der Waals surface area contributed by atoms with E-state index in [2.05, 4.69) is 29.4 Å². The molecule has 0 fully saturated rings. The van der Waals surface area contributed by atoms with Crippen molar-refractivity contribution in [2.24, 2.45) is 0 Å². The van der Waals surface area contributed by atoms with Crippen molar-refractivity contribution in [3.8, 4) is 11.8 Å². The summed E-state index contributed by atoms with van der Waals surface area (Å²) in [6.45, 7) is 2.79. The van der Waals surface area contributed by atoms with Gasteiger partial charge in [0.15, 0.2) is 0 Å². The van der Waals surface area contributed by atoms with Crippen molar-refractivity contribution < 1.29 is 5.11 Å². The quantitative estimate of drug-likeness (QED) is 0.858. The Bertz CT molecular complexity index is 704. The lowest BCUT2D eigenvalue weighted by molar-refractivity contribution is 0.350. The Hall–Kier alpha value is -2.05. The van der Waals surface area contributed by atoms with Crippen LogP contribution in [-0.2, 0) is 19.4 Å². The third-order valence-electron chi connectivity index (χ3n) is 4.07. The SMILES string of the molecule is Cc1nc2c(n1Cc1ccccc1C#CCO)CCCC2. The molecule has 0 amide bonds. The predicted octanol–water partition coefficient (Wildman–Crippen LogP) is 2.46. The van der Waals surface area contributed by atoms with Gasteiger partial charge in [-0.1, -0.05) is 30.0 Å². The van der Waals surface area contributed by atoms with E-state index < -0.39 is 0 Å². The number of imidazole rings is 1. The molecule has 0 spiro atoms. The molecule has 0 bridgehead atoms. The Morgan fingerprint density at radius 3 is 2.90 bits per heavy atom. The number of benzene rings is 1. The predicted molar refractivity (Wildman–Crippen MR) is 83.1 cm³/mol. The standard InChI is InChI=1S/C18H20N2O/c1-14-19-17-10-4-5-11-18(17)20(14)13-16-8-3-2-7-15(16)9-6-12-21/h2-3,7-8,21H,4-5,10-13H2,1H3. The second-order valence-electron chi connectivity index (χ2n) is 5.46. The van der Waals surface area contributed by atoms with Crippen molar-refractivity contribution in [2.45, 2.75) is 39.2 Å². The summed E-state index contributed by atoms with van der Waals surface area (Å²) in [7, 11) is 0. The Labute approximate surface area is 125 Å². The van der Waals surface area contributed by atoms with Gasteiger partial charge in [-0.25, -0.2) is 4.98 Å². The lowest BCUT2D eigenvalue weighted by atomic mass is 10.0. The Morgan fingerprint density at radius 2 is 2.05 bits per heavy atom. The van der Waals surface area contributed by atoms with E-state index in [9.17, 15) is 0 Å². The number of hydrogen-bond donors (Lipinski definition) is 1. The highest BCUT2D eigenvalue weighted by Gasteiger charge is 2.18. The summed E-state index contributed by atoms with van der Waals surface area (Å²) in [5.74, 6) is 6.87. The zero-order chi connectivity index (χ0) is 14.7. The number of aliphatic hydroxyl groups is 1. The van der Waals surface area contributed by atoms with E-state index in [1.54, 1.807) is 0 Å². The number of rotatable bonds is 2. The van der Waals surface area contributed by atoms with Crippen LogP contribution in [0.2, 0.25) is 0 Å². The van der Waals surface area contributed by atoms with Gasteiger partial charge in [-0.15, -0.1) is 0 Å². The van der Waals surface area contributed by atoms with Crippen LogP contribution in [0.1, 0.15) is 41.2 Å². The number of aliphatic hydroxyl groups excluding tert-OH is 1. The Balaban J connectivity index is 1.96. The van der Waals surface area contributed by atoms with Crippen molar-refractivity contribution in [1.29, 1.82) is 0 Å². The van der Waals surface area contributed by atoms with Crippen molar-refractivity contribution in [3.05, 3.63) is 52.6 Å². The summed E-state index contributed by atoms with van der Waals surface area (Å²) < 4.78 is 2.33. The van der Waals surface area contributed by atoms with Crippen molar-refractivity contribution in [3.63, 3.8) is 0 Å². The number of hydrogen-bond acceptors (Lipinski definition) is 2. The van der Waals surface area contributed by atoms with E-state index in [1.165, 1.54) is 29.8 Å². The molecule has 1 heterocycles. The van der Waals surface area contributed by atoms with Crippen LogP contribution in [0.3, 0.4) is 0 Å². The highest BCUT2D eigenvalue weighted by atomic mass is 16.2. The van der Waals surface area contributed by atoms with Gasteiger partial charge in [-0.05, 0) is 44.2 Å². The van der Waals surface area contributed by atoms with E-state index >= 15 is 0 Å². The van der Waals surface area contributed by atoms with Crippen molar-refractivity contribution in [1.82, 2.24) is 9.55 Å². The van der Waals surface area contributed by atoms with Crippen molar-refractivity contribution in [2.75, 3.05) is 6.61 Å². The number of aromatic nitrogens is 2. The van der Waals surface area contributed by atoms with E-state index in [0.29, 0.717) is 0 Å². The summed E-state index contributed by atoms with van der Waals surface area (Å²) >= 11 is 0. The third kappa shape index (κ3) is 2.86. The smallest absolute Gasteiger partial charge is 0.106 e. The normalized spacial score (nSPS) is 13.4. The molecule has 2 aromatic rings. The molecule has 1 aliphatic rings. The number of aryl methyl sites for hydroxylation is 2. The topological polar surface area (TPSA) is 38.0 Å². The maximum absolute atomic E-state index is 8.89. The summed E-state index contributed by atoms with van der Waals surface area (Å²) in [6, 6.07) is 8.14. The monoisotopic (exact) mass is 280 g/mol. The zero-order valence-electron chi connectivity index (χ0n) is 12.4. The summed E-state index contributed by atoms with van der Waals surface area (Å²) in [5.41, 5.74) is 4.85. The van der Waals surface area contributed by atoms with Crippen LogP contribution in [0, 0.1) is 18.8 Å². The molecule has 0 saturated heterocycles. The van der Waals surface area contributed by atoms with Crippen LogP contribution in [0.5, 0.6) is 0 Å². The minimum Gasteiger partial charge on any atom is -0.384 e. The maximum atomic E-state index is 8.89. The second kappa shape index (κ2) is 6.15. The molecule has 0 aliphatic heterocycles. The molecule has 3 nitrogen and oxygen atoms in total. The number of fused-ring (bicyclic) bond motifs is 1. The van der Waals surface area contributed by atoms with Gasteiger partial charge in [-0.2, -0.15) is 0 Å². The minimum atomic E-state index is -0.103. The van der Waals surface area contributed by atoms with Crippen LogP contribution in [0.4, 0.5) is 0 Å². The van der Waals surface area contributed by atoms with Crippen LogP contribution >= 0.6 is 0 Å². The van der Waals surface area contributed by atoms with Gasteiger partial charge < -0.3 is 9.67 Å². The molecule has 108 valence electrons.